The zero-order chi connectivity index (χ0) is 38.2. The Bertz CT molecular complexity index is 1110. The van der Waals surface area contributed by atoms with Crippen molar-refractivity contribution in [3.05, 3.63) is 0 Å². The first-order valence-electron chi connectivity index (χ1n) is 16.4. The fourth-order valence-corrected chi connectivity index (χ4v) is 6.45. The van der Waals surface area contributed by atoms with E-state index in [9.17, 15) is 76.6 Å². The number of aliphatic hydroxyl groups excluding tert-OH is 15. The summed E-state index contributed by atoms with van der Waals surface area (Å²) in [5.74, 6) is 0. The number of hydrogen-bond donors (Lipinski definition) is 15. The third-order valence-electron chi connectivity index (χ3n) is 9.53. The highest BCUT2D eigenvalue weighted by atomic mass is 16.8. The molecule has 5 aliphatic heterocycles. The van der Waals surface area contributed by atoms with Gasteiger partial charge in [-0.15, -0.1) is 0 Å². The first kappa shape index (κ1) is 42.2. The van der Waals surface area contributed by atoms with Gasteiger partial charge in [0.1, 0.15) is 110 Å². The van der Waals surface area contributed by atoms with E-state index in [1.165, 1.54) is 0 Å². The van der Waals surface area contributed by atoms with Crippen molar-refractivity contribution >= 4 is 0 Å². The Kier molecular flexibility index (Phi) is 14.5. The second-order valence-electron chi connectivity index (χ2n) is 13.1. The SMILES string of the molecule is OC[C@H]1O[C@@H](O[C@@H]2[C@@H](O)[C@@H](O[C@@H]3OC[C@@H](O)[C@H](O)[C@H]3O)[C@@H](CO)O[C@H]2O)[C@H](O)[C@@H](O[C@@H]2O[C@H](CO)[C@@H](O[C@@H]3OC[C@@H](O)[C@H](O)[C@H]3O)[C@H](O)[C@H]2O)[C@@H]1O. The molecular weight excluding hydrogens is 720 g/mol. The minimum Gasteiger partial charge on any atom is -0.394 e. The van der Waals surface area contributed by atoms with Gasteiger partial charge in [-0.25, -0.2) is 0 Å². The Balaban J connectivity index is 1.28. The van der Waals surface area contributed by atoms with Crippen LogP contribution in [0, 0.1) is 0 Å². The minimum atomic E-state index is -2.10. The van der Waals surface area contributed by atoms with E-state index in [2.05, 4.69) is 0 Å². The summed E-state index contributed by atoms with van der Waals surface area (Å²) in [5, 5.41) is 155. The van der Waals surface area contributed by atoms with Crippen LogP contribution in [-0.4, -0.2) is 251 Å². The van der Waals surface area contributed by atoms with Gasteiger partial charge in [-0.3, -0.25) is 0 Å². The number of hydrogen-bond acceptors (Lipinski definition) is 24. The van der Waals surface area contributed by atoms with Crippen LogP contribution < -0.4 is 0 Å². The summed E-state index contributed by atoms with van der Waals surface area (Å²) in [5.41, 5.74) is 0. The summed E-state index contributed by atoms with van der Waals surface area (Å²) in [6, 6.07) is 0. The Hall–Kier alpha value is -0.960. The van der Waals surface area contributed by atoms with Gasteiger partial charge >= 0.3 is 0 Å². The van der Waals surface area contributed by atoms with E-state index in [1.807, 2.05) is 0 Å². The van der Waals surface area contributed by atoms with Crippen molar-refractivity contribution in [2.45, 2.75) is 141 Å². The predicted molar refractivity (Wildman–Crippen MR) is 155 cm³/mol. The van der Waals surface area contributed by atoms with E-state index in [1.54, 1.807) is 0 Å². The van der Waals surface area contributed by atoms with Crippen LogP contribution in [-0.2, 0) is 42.6 Å². The fraction of sp³-hybridized carbons (Fsp3) is 1.00. The molecule has 0 saturated carbocycles. The number of aliphatic hydroxyl groups is 15. The van der Waals surface area contributed by atoms with Gasteiger partial charge in [0.2, 0.25) is 0 Å². The maximum absolute atomic E-state index is 11.2. The molecule has 0 radical (unpaired) electrons. The van der Waals surface area contributed by atoms with Crippen LogP contribution in [0.25, 0.3) is 0 Å². The lowest BCUT2D eigenvalue weighted by atomic mass is 9.95. The summed E-state index contributed by atoms with van der Waals surface area (Å²) >= 11 is 0. The third kappa shape index (κ3) is 8.55. The van der Waals surface area contributed by atoms with Crippen LogP contribution in [0.1, 0.15) is 0 Å². The Labute approximate surface area is 293 Å². The molecule has 5 fully saturated rings. The lowest BCUT2D eigenvalue weighted by Crippen LogP contribution is -2.67. The van der Waals surface area contributed by atoms with E-state index in [-0.39, 0.29) is 0 Å². The van der Waals surface area contributed by atoms with Crippen LogP contribution in [0.5, 0.6) is 0 Å². The normalized spacial score (nSPS) is 53.5. The Morgan fingerprint density at radius 1 is 0.365 bits per heavy atom. The van der Waals surface area contributed by atoms with Gasteiger partial charge in [0.05, 0.1) is 33.0 Å². The van der Waals surface area contributed by atoms with Crippen molar-refractivity contribution in [1.29, 1.82) is 0 Å². The Morgan fingerprint density at radius 3 is 1.29 bits per heavy atom. The molecule has 15 N–H and O–H groups in total. The van der Waals surface area contributed by atoms with E-state index < -0.39 is 174 Å². The van der Waals surface area contributed by atoms with Crippen molar-refractivity contribution < 1.29 is 119 Å². The summed E-state index contributed by atoms with van der Waals surface area (Å²) in [6.07, 6.45) is -40.9. The molecule has 0 unspecified atom stereocenters. The summed E-state index contributed by atoms with van der Waals surface area (Å²) in [6.45, 7) is -3.64. The fourth-order valence-electron chi connectivity index (χ4n) is 6.45. The first-order chi connectivity index (χ1) is 24.6. The molecule has 304 valence electrons. The molecule has 0 aromatic carbocycles. The average molecular weight is 769 g/mol. The standard InChI is InChI=1S/C28H48O24/c29-1-8-13(36)22(51-27-17(40)14(37)20(10(3-31)48-27)49-25-15(38)11(34)6(32)4-44-25)19(42)28(47-8)52-23-18(41)21(9(2-30)46-24(23)43)50-26-16(39)12(35)7(33)5-45-26/h6-43H,1-5H2/t6-,7-,8-,9-,10-,11+,12+,13-,14-,15-,16-,17-,18+,19-,20-,21+,22+,23-,24-,25+,26+,27+,28+/m1/s1. The smallest absolute Gasteiger partial charge is 0.187 e. The number of rotatable bonds is 11. The van der Waals surface area contributed by atoms with E-state index in [0.29, 0.717) is 0 Å². The van der Waals surface area contributed by atoms with Crippen LogP contribution in [0.2, 0.25) is 0 Å². The molecule has 24 heteroatoms. The second kappa shape index (κ2) is 17.9. The van der Waals surface area contributed by atoms with Gasteiger partial charge in [-0.05, 0) is 0 Å². The van der Waals surface area contributed by atoms with Gasteiger partial charge in [0.15, 0.2) is 31.5 Å². The maximum atomic E-state index is 11.2. The van der Waals surface area contributed by atoms with E-state index in [4.69, 9.17) is 42.6 Å². The van der Waals surface area contributed by atoms with Crippen LogP contribution in [0.4, 0.5) is 0 Å². The van der Waals surface area contributed by atoms with Gasteiger partial charge in [0.25, 0.3) is 0 Å². The highest BCUT2D eigenvalue weighted by Gasteiger charge is 2.55. The minimum absolute atomic E-state index is 0.469. The van der Waals surface area contributed by atoms with Crippen molar-refractivity contribution in [2.24, 2.45) is 0 Å². The molecule has 5 saturated heterocycles. The summed E-state index contributed by atoms with van der Waals surface area (Å²) in [7, 11) is 0. The van der Waals surface area contributed by atoms with Crippen molar-refractivity contribution in [2.75, 3.05) is 33.0 Å². The molecule has 23 atom stereocenters. The maximum Gasteiger partial charge on any atom is 0.187 e. The molecular formula is C28H48O24. The largest absolute Gasteiger partial charge is 0.394 e. The monoisotopic (exact) mass is 768 g/mol. The van der Waals surface area contributed by atoms with Crippen LogP contribution in [0.3, 0.4) is 0 Å². The molecule has 0 bridgehead atoms. The van der Waals surface area contributed by atoms with Crippen molar-refractivity contribution in [3.8, 4) is 0 Å². The summed E-state index contributed by atoms with van der Waals surface area (Å²) in [4.78, 5) is 0. The predicted octanol–water partition coefficient (Wildman–Crippen LogP) is -10.6. The molecule has 24 nitrogen and oxygen atoms in total. The molecule has 0 spiro atoms. The van der Waals surface area contributed by atoms with Crippen LogP contribution in [0.15, 0.2) is 0 Å². The van der Waals surface area contributed by atoms with Crippen molar-refractivity contribution in [1.82, 2.24) is 0 Å². The Morgan fingerprint density at radius 2 is 0.769 bits per heavy atom. The second-order valence-corrected chi connectivity index (χ2v) is 13.1. The van der Waals surface area contributed by atoms with Gasteiger partial charge in [-0.2, -0.15) is 0 Å². The van der Waals surface area contributed by atoms with Gasteiger partial charge in [-0.1, -0.05) is 0 Å². The molecule has 52 heavy (non-hydrogen) atoms. The highest BCUT2D eigenvalue weighted by molar-refractivity contribution is 4.98. The molecule has 0 aromatic heterocycles. The lowest BCUT2D eigenvalue weighted by Gasteiger charge is -2.49. The molecule has 5 aliphatic rings. The van der Waals surface area contributed by atoms with Gasteiger partial charge in [0, 0.05) is 0 Å². The molecule has 5 heterocycles. The summed E-state index contributed by atoms with van der Waals surface area (Å²) < 4.78 is 48.9. The lowest BCUT2D eigenvalue weighted by molar-refractivity contribution is -0.394. The zero-order valence-electron chi connectivity index (χ0n) is 27.2. The third-order valence-corrected chi connectivity index (χ3v) is 9.53. The van der Waals surface area contributed by atoms with Crippen molar-refractivity contribution in [3.63, 3.8) is 0 Å². The first-order valence-corrected chi connectivity index (χ1v) is 16.4. The number of ether oxygens (including phenoxy) is 9. The van der Waals surface area contributed by atoms with E-state index >= 15 is 0 Å². The average Bonchev–Trinajstić information content (AvgIpc) is 3.12. The van der Waals surface area contributed by atoms with Gasteiger partial charge < -0.3 is 119 Å². The topological polar surface area (TPSA) is 387 Å². The van der Waals surface area contributed by atoms with E-state index in [0.717, 1.165) is 0 Å². The zero-order valence-corrected chi connectivity index (χ0v) is 27.2. The van der Waals surface area contributed by atoms with Crippen LogP contribution >= 0.6 is 0 Å². The molecule has 0 amide bonds. The molecule has 0 aliphatic carbocycles. The quantitative estimate of drug-likeness (QED) is 0.0927. The molecule has 5 rings (SSSR count). The highest BCUT2D eigenvalue weighted by Crippen LogP contribution is 2.34. The molecule has 0 aromatic rings.